The van der Waals surface area contributed by atoms with Crippen molar-refractivity contribution >= 4 is 21.4 Å². The molecule has 15 nitrogen and oxygen atoms in total. The first-order chi connectivity index (χ1) is 23.9. The Hall–Kier alpha value is -0.437. The van der Waals surface area contributed by atoms with Crippen molar-refractivity contribution in [3.05, 3.63) is 46.0 Å². The summed E-state index contributed by atoms with van der Waals surface area (Å²) >= 11 is 0. The molecular formula is C36H81DyN3O12P3. The molecule has 337 valence electrons. The van der Waals surface area contributed by atoms with Crippen LogP contribution in [0.3, 0.4) is 0 Å². The standard InChI is InChI=1S/3C12H27OP.Dy.3NO3/c3*1-10(2)7-14(13,8-11(3)4)9-12(5)6;;3*2-1(3)4/h3*10-12H,7-9H2,1-6H3;;;;/q;;;+3;3*-1. The van der Waals surface area contributed by atoms with Gasteiger partial charge in [0.25, 0.3) is 0 Å². The van der Waals surface area contributed by atoms with Crippen LogP contribution >= 0.6 is 21.4 Å². The van der Waals surface area contributed by atoms with Crippen LogP contribution in [0.4, 0.5) is 0 Å². The van der Waals surface area contributed by atoms with Gasteiger partial charge >= 0.3 is 38.2 Å². The summed E-state index contributed by atoms with van der Waals surface area (Å²) in [6.45, 7) is 39.1. The first-order valence-electron chi connectivity index (χ1n) is 19.1. The summed E-state index contributed by atoms with van der Waals surface area (Å²) in [7, 11) is -5.66. The maximum Gasteiger partial charge on any atom is 3.00 e. The number of nitrogens with zero attached hydrogens (tertiary/aromatic N) is 3. The molecule has 55 heavy (non-hydrogen) atoms. The zero-order valence-electron chi connectivity index (χ0n) is 37.5. The molecule has 0 saturated heterocycles. The van der Waals surface area contributed by atoms with E-state index in [-0.39, 0.29) is 38.2 Å². The van der Waals surface area contributed by atoms with Gasteiger partial charge in [0.2, 0.25) is 0 Å². The van der Waals surface area contributed by atoms with Crippen molar-refractivity contribution < 1.29 is 67.1 Å². The molecule has 0 aliphatic carbocycles. The Morgan fingerprint density at radius 2 is 0.345 bits per heavy atom. The molecule has 0 amide bonds. The summed E-state index contributed by atoms with van der Waals surface area (Å²) in [4.78, 5) is 24.8. The molecule has 0 atom stereocenters. The van der Waals surface area contributed by atoms with Crippen LogP contribution in [0.25, 0.3) is 0 Å². The molecular weight excluding hydrogens is 922 g/mol. The van der Waals surface area contributed by atoms with E-state index in [0.717, 1.165) is 55.5 Å². The van der Waals surface area contributed by atoms with Gasteiger partial charge < -0.3 is 59.7 Å². The summed E-state index contributed by atoms with van der Waals surface area (Å²) in [6.07, 6.45) is 8.41. The molecule has 0 aliphatic rings. The minimum Gasteiger partial charge on any atom is -0.356 e. The van der Waals surface area contributed by atoms with E-state index in [0.29, 0.717) is 53.3 Å². The van der Waals surface area contributed by atoms with Crippen molar-refractivity contribution in [1.29, 1.82) is 0 Å². The quantitative estimate of drug-likeness (QED) is 0.0706. The van der Waals surface area contributed by atoms with Crippen LogP contribution in [0.5, 0.6) is 0 Å². The van der Waals surface area contributed by atoms with E-state index in [2.05, 4.69) is 125 Å². The number of rotatable bonds is 18. The Labute approximate surface area is 365 Å². The van der Waals surface area contributed by atoms with E-state index >= 15 is 0 Å². The zero-order chi connectivity index (χ0) is 44.8. The van der Waals surface area contributed by atoms with Gasteiger partial charge in [-0.2, -0.15) is 0 Å². The van der Waals surface area contributed by atoms with Gasteiger partial charge in [-0.1, -0.05) is 125 Å². The van der Waals surface area contributed by atoms with E-state index in [4.69, 9.17) is 46.0 Å². The third-order valence-electron chi connectivity index (χ3n) is 6.28. The Balaban J connectivity index is -0.000000108. The molecule has 0 aliphatic heterocycles. The van der Waals surface area contributed by atoms with Crippen LogP contribution in [0, 0.1) is 137 Å². The van der Waals surface area contributed by atoms with E-state index in [1.807, 2.05) is 0 Å². The van der Waals surface area contributed by atoms with Gasteiger partial charge in [-0.15, -0.1) is 0 Å². The van der Waals surface area contributed by atoms with Gasteiger partial charge in [-0.3, -0.25) is 0 Å². The first kappa shape index (κ1) is 69.2. The minimum absolute atomic E-state index is 0. The van der Waals surface area contributed by atoms with Crippen LogP contribution in [0.15, 0.2) is 0 Å². The molecule has 0 saturated carbocycles. The van der Waals surface area contributed by atoms with Crippen LogP contribution < -0.4 is 0 Å². The van der Waals surface area contributed by atoms with Crippen molar-refractivity contribution in [2.45, 2.75) is 125 Å². The monoisotopic (exact) mass is 1000 g/mol. The third kappa shape index (κ3) is 71.7. The third-order valence-corrected chi connectivity index (χ3v) is 18.8. The summed E-state index contributed by atoms with van der Waals surface area (Å²) in [6, 6.07) is 0. The molecule has 0 rings (SSSR count). The van der Waals surface area contributed by atoms with Crippen molar-refractivity contribution in [3.63, 3.8) is 0 Å². The summed E-state index contributed by atoms with van der Waals surface area (Å²) < 4.78 is 37.9. The fourth-order valence-corrected chi connectivity index (χ4v) is 20.0. The van der Waals surface area contributed by atoms with Crippen molar-refractivity contribution in [2.75, 3.05) is 55.5 Å². The van der Waals surface area contributed by atoms with Gasteiger partial charge in [0.05, 0.1) is 36.7 Å². The molecule has 0 N–H and O–H groups in total. The average molecular weight is 1000 g/mol. The largest absolute Gasteiger partial charge is 3.00 e. The van der Waals surface area contributed by atoms with Crippen LogP contribution in [0.2, 0.25) is 0 Å². The maximum absolute atomic E-state index is 12.6. The van der Waals surface area contributed by atoms with Crippen molar-refractivity contribution in [3.8, 4) is 0 Å². The van der Waals surface area contributed by atoms with Gasteiger partial charge in [-0.05, 0) is 53.3 Å². The van der Waals surface area contributed by atoms with Crippen LogP contribution in [-0.4, -0.2) is 70.7 Å². The molecule has 0 bridgehead atoms. The Morgan fingerprint density at radius 3 is 0.382 bits per heavy atom. The minimum atomic E-state index is -1.89. The Morgan fingerprint density at radius 1 is 0.291 bits per heavy atom. The van der Waals surface area contributed by atoms with Gasteiger partial charge in [-0.25, -0.2) is 0 Å². The summed E-state index contributed by atoms with van der Waals surface area (Å²) in [5.74, 6) is 5.11. The van der Waals surface area contributed by atoms with Gasteiger partial charge in [0.1, 0.15) is 0 Å². The second-order valence-electron chi connectivity index (χ2n) is 18.0. The van der Waals surface area contributed by atoms with Crippen LogP contribution in [0.1, 0.15) is 125 Å². The summed E-state index contributed by atoms with van der Waals surface area (Å²) in [5.41, 5.74) is 0. The topological polar surface area (TPSA) is 250 Å². The van der Waals surface area contributed by atoms with Crippen molar-refractivity contribution in [1.82, 2.24) is 0 Å². The Bertz CT molecular complexity index is 860. The van der Waals surface area contributed by atoms with E-state index in [1.54, 1.807) is 0 Å². The molecule has 0 aromatic rings. The fraction of sp³-hybridized carbons (Fsp3) is 1.00. The molecule has 0 fully saturated rings. The molecule has 0 unspecified atom stereocenters. The molecule has 19 heteroatoms. The Kier molecular flexibility index (Phi) is 47.6. The van der Waals surface area contributed by atoms with Crippen LogP contribution in [-0.2, 0) is 13.7 Å². The number of hydrogen-bond acceptors (Lipinski definition) is 12. The van der Waals surface area contributed by atoms with E-state index in [1.165, 1.54) is 0 Å². The SMILES string of the molecule is CC(C)CP(=O)(CC(C)C)CC(C)C.CC(C)CP(=O)(CC(C)C)CC(C)C.CC(C)CP(=O)(CC(C)C)CC(C)C.O=[N+]([O-])[O-].O=[N+]([O-])[O-].O=[N+]([O-])[O-].[Dy+3]. The van der Waals surface area contributed by atoms with E-state index < -0.39 is 36.7 Å². The molecule has 1 radical (unpaired) electrons. The first-order valence-corrected chi connectivity index (χ1v) is 25.9. The van der Waals surface area contributed by atoms with E-state index in [9.17, 15) is 13.7 Å². The normalized spacial score (nSPS) is 11.4. The van der Waals surface area contributed by atoms with Gasteiger partial charge in [0, 0.05) is 55.5 Å². The predicted octanol–water partition coefficient (Wildman–Crippen LogP) is 12.2. The second kappa shape index (κ2) is 37.8. The maximum atomic E-state index is 12.6. The predicted molar refractivity (Wildman–Crippen MR) is 231 cm³/mol. The average Bonchev–Trinajstić information content (AvgIpc) is 2.77. The fourth-order valence-electron chi connectivity index (χ4n) is 6.66. The number of hydrogen-bond donors (Lipinski definition) is 0. The zero-order valence-corrected chi connectivity index (χ0v) is 42.2. The molecule has 0 spiro atoms. The van der Waals surface area contributed by atoms with Gasteiger partial charge in [0.15, 0.2) is 0 Å². The van der Waals surface area contributed by atoms with Crippen molar-refractivity contribution in [2.24, 2.45) is 53.3 Å². The smallest absolute Gasteiger partial charge is 0.356 e. The second-order valence-corrected chi connectivity index (χ2v) is 27.7. The molecule has 0 heterocycles. The summed E-state index contributed by atoms with van der Waals surface area (Å²) in [5, 5.41) is 44.2. The molecule has 0 aromatic heterocycles. The molecule has 0 aromatic carbocycles.